The number of aromatic nitrogens is 2. The molecule has 1 aliphatic rings. The molecule has 38 heteroatoms. The van der Waals surface area contributed by atoms with Crippen molar-refractivity contribution in [3.05, 3.63) is 150 Å². The smallest absolute Gasteiger partial charge is 0.477 e. The number of pyridine rings is 2. The number of nitrogens with zero attached hydrogens (tertiary/aromatic N) is 4. The number of rotatable bonds is 8. The number of nitrogens with two attached hydrogens (primary N) is 1. The van der Waals surface area contributed by atoms with E-state index in [9.17, 15) is 79.5 Å². The molecule has 0 atom stereocenters. The first-order chi connectivity index (χ1) is 38.7. The van der Waals surface area contributed by atoms with E-state index in [-0.39, 0.29) is 37.2 Å². The Morgan fingerprint density at radius 1 is 0.600 bits per heavy atom. The van der Waals surface area contributed by atoms with Gasteiger partial charge in [-0.05, 0) is 117 Å². The normalized spacial score (nSPS) is 13.3. The zero-order valence-electron chi connectivity index (χ0n) is 43.0. The SMILES string of the molecule is CC1(C)OB(c2ccc(OC(F)(F)F)c(Cl)c2)OC1(C)C.COC(=O)c1cc(Br)ccn1.F[B-](F)(F)F.N#[N+]c1ccc(OC(F)(F)F)c(Cl)c1.Nc1ccc(OC(F)(F)F)c(Cl)c1.O=C(O)c1cc(-c2ccc(OC(F)(F)F)c(Cl)c2)ccn1. The number of ether oxygens (including phenoxy) is 5. The number of methoxy groups -OCH3 is 1. The summed E-state index contributed by atoms with van der Waals surface area (Å²) in [6.45, 7) is 7.54. The van der Waals surface area contributed by atoms with E-state index in [1.165, 1.54) is 68.0 Å². The predicted octanol–water partition coefficient (Wildman–Crippen LogP) is 17.0. The highest BCUT2D eigenvalue weighted by Crippen LogP contribution is 2.39. The Kier molecular flexibility index (Phi) is 27.0. The van der Waals surface area contributed by atoms with Crippen molar-refractivity contribution < 1.29 is 118 Å². The van der Waals surface area contributed by atoms with Crippen molar-refractivity contribution in [2.45, 2.75) is 64.3 Å². The van der Waals surface area contributed by atoms with E-state index < -0.39 is 86.0 Å². The summed E-state index contributed by atoms with van der Waals surface area (Å²) in [5, 5.41) is 16.3. The predicted molar refractivity (Wildman–Crippen MR) is 281 cm³/mol. The molecule has 1 fully saturated rings. The van der Waals surface area contributed by atoms with E-state index in [0.717, 1.165) is 40.9 Å². The molecule has 0 spiro atoms. The molecule has 0 aliphatic carbocycles. The van der Waals surface area contributed by atoms with Gasteiger partial charge in [-0.1, -0.05) is 74.5 Å². The van der Waals surface area contributed by atoms with Crippen LogP contribution in [0, 0.1) is 5.39 Å². The van der Waals surface area contributed by atoms with Gasteiger partial charge in [0.1, 0.15) is 34.4 Å². The third-order valence-corrected chi connectivity index (χ3v) is 11.4. The van der Waals surface area contributed by atoms with Crippen molar-refractivity contribution in [1.82, 2.24) is 9.97 Å². The Morgan fingerprint density at radius 3 is 1.38 bits per heavy atom. The Balaban J connectivity index is 0.000000362. The number of diazo groups is 1. The van der Waals surface area contributed by atoms with Crippen LogP contribution in [0.4, 0.5) is 81.3 Å². The van der Waals surface area contributed by atoms with Crippen LogP contribution >= 0.6 is 62.3 Å². The second-order valence-electron chi connectivity index (χ2n) is 16.6. The van der Waals surface area contributed by atoms with Crippen molar-refractivity contribution in [3.63, 3.8) is 0 Å². The minimum atomic E-state index is -6.00. The number of benzene rings is 4. The topological polar surface area (TPSA) is 199 Å². The lowest BCUT2D eigenvalue weighted by atomic mass is 9.79. The summed E-state index contributed by atoms with van der Waals surface area (Å²) in [4.78, 5) is 31.9. The Labute approximate surface area is 498 Å². The van der Waals surface area contributed by atoms with Crippen LogP contribution in [-0.4, -0.2) is 85.1 Å². The molecule has 0 unspecified atom stereocenters. The van der Waals surface area contributed by atoms with Crippen LogP contribution < -0.4 is 30.1 Å². The summed E-state index contributed by atoms with van der Waals surface area (Å²) in [5.74, 6) is -3.61. The molecule has 85 heavy (non-hydrogen) atoms. The number of aromatic carboxylic acids is 1. The number of hydrogen-bond acceptors (Lipinski definition) is 13. The van der Waals surface area contributed by atoms with Gasteiger partial charge in [0.05, 0.1) is 44.5 Å². The van der Waals surface area contributed by atoms with Crippen molar-refractivity contribution >= 4 is 105 Å². The fourth-order valence-corrected chi connectivity index (χ4v) is 6.79. The zero-order valence-corrected chi connectivity index (χ0v) is 47.6. The maximum absolute atomic E-state index is 12.2. The third-order valence-electron chi connectivity index (χ3n) is 9.73. The number of esters is 1. The molecular formula is C47H36B2BrCl4F16N5O10. The van der Waals surface area contributed by atoms with Crippen LogP contribution in [0.5, 0.6) is 23.0 Å². The number of nitrogen functional groups attached to an aromatic ring is 1. The standard InChI is InChI=1S/C13H15BClF3O3.C13H7ClF3NO3.C7H6BrNO2.C7H3ClF3N2O.C7H5ClF3NO.BF4/c1-11(2)12(3,4)21-14(20-11)8-5-6-10(9(15)7-8)19-13(16,17)18;14-9-5-7(1-2-11(9)21-13(15,16)17)8-3-4-18-10(6-8)12(19)20;1-11-7(10)6-4-5(8)2-3-9-6;8-5-3-4(13-12)1-2-6(5)14-7(9,10)11;8-5-3-4(12)1-2-6(5)13-7(9,10)11;2-1(3,4)5/h5-7H,1-4H3;1-6H,(H,19,20);2-4H,1H3;1-3H;1-3H,12H2;/q;;;+1;;-1. The number of alkyl halides is 12. The molecule has 3 heterocycles. The van der Waals surface area contributed by atoms with Gasteiger partial charge in [-0.25, -0.2) is 19.6 Å². The molecule has 0 radical (unpaired) electrons. The molecule has 1 aliphatic heterocycles. The van der Waals surface area contributed by atoms with E-state index in [4.69, 9.17) is 71.9 Å². The maximum atomic E-state index is 12.2. The molecule has 6 aromatic rings. The number of carbonyl (C=O) groups excluding carboxylic acids is 1. The number of carboxylic acid groups (broad SMARTS) is 1. The van der Waals surface area contributed by atoms with E-state index in [0.29, 0.717) is 22.3 Å². The summed E-state index contributed by atoms with van der Waals surface area (Å²) in [5.41, 5.74) is 6.09. The number of carboxylic acids is 1. The average Bonchev–Trinajstić information content (AvgIpc) is 2.10. The second-order valence-corrected chi connectivity index (χ2v) is 19.1. The number of halogens is 21. The summed E-state index contributed by atoms with van der Waals surface area (Å²) in [6, 6.07) is 20.4. The molecule has 2 aromatic heterocycles. The van der Waals surface area contributed by atoms with Gasteiger partial charge < -0.3 is 61.1 Å². The maximum Gasteiger partial charge on any atom is 0.673 e. The molecule has 0 amide bonds. The third kappa shape index (κ3) is 28.2. The van der Waals surface area contributed by atoms with Crippen LogP contribution in [-0.2, 0) is 14.0 Å². The molecule has 0 bridgehead atoms. The average molecular weight is 1380 g/mol. The van der Waals surface area contributed by atoms with Gasteiger partial charge in [0.2, 0.25) is 5.39 Å². The molecule has 3 N–H and O–H groups in total. The highest BCUT2D eigenvalue weighted by molar-refractivity contribution is 9.10. The lowest BCUT2D eigenvalue weighted by molar-refractivity contribution is -0.275. The molecule has 462 valence electrons. The molecule has 7 rings (SSSR count). The van der Waals surface area contributed by atoms with Crippen LogP contribution in [0.25, 0.3) is 16.1 Å². The van der Waals surface area contributed by atoms with Crippen molar-refractivity contribution in [3.8, 4) is 34.1 Å². The van der Waals surface area contributed by atoms with Gasteiger partial charge in [-0.3, -0.25) is 0 Å². The molecular weight excluding hydrogens is 1340 g/mol. The quantitative estimate of drug-likeness (QED) is 0.0479. The zero-order chi connectivity index (χ0) is 65.3. The summed E-state index contributed by atoms with van der Waals surface area (Å²) < 4.78 is 214. The van der Waals surface area contributed by atoms with Gasteiger partial charge in [0, 0.05) is 28.6 Å². The van der Waals surface area contributed by atoms with Crippen LogP contribution in [0.3, 0.4) is 0 Å². The van der Waals surface area contributed by atoms with E-state index in [2.05, 4.69) is 54.6 Å². The number of anilines is 1. The van der Waals surface area contributed by atoms with E-state index in [1.54, 1.807) is 12.1 Å². The van der Waals surface area contributed by atoms with Crippen molar-refractivity contribution in [2.75, 3.05) is 12.8 Å². The fraction of sp³-hybridized carbons (Fsp3) is 0.234. The monoisotopic (exact) mass is 1380 g/mol. The Bertz CT molecular complexity index is 3250. The second kappa shape index (κ2) is 31.0. The summed E-state index contributed by atoms with van der Waals surface area (Å²) in [6.07, 6.45) is -16.3. The van der Waals surface area contributed by atoms with Gasteiger partial charge >= 0.3 is 57.4 Å². The van der Waals surface area contributed by atoms with Crippen LogP contribution in [0.15, 0.2) is 114 Å². The summed E-state index contributed by atoms with van der Waals surface area (Å²) in [7, 11) is -5.36. The molecule has 15 nitrogen and oxygen atoms in total. The minimum Gasteiger partial charge on any atom is -0.477 e. The first-order valence-electron chi connectivity index (χ1n) is 22.2. The van der Waals surface area contributed by atoms with Crippen LogP contribution in [0.2, 0.25) is 20.1 Å². The van der Waals surface area contributed by atoms with Crippen LogP contribution in [0.1, 0.15) is 48.7 Å². The molecule has 1 saturated heterocycles. The summed E-state index contributed by atoms with van der Waals surface area (Å²) >= 11 is 25.6. The highest BCUT2D eigenvalue weighted by atomic mass is 79.9. The first kappa shape index (κ1) is 74.2. The minimum absolute atomic E-state index is 0.0459. The number of hydrogen-bond donors (Lipinski definition) is 2. The van der Waals surface area contributed by atoms with E-state index >= 15 is 0 Å². The number of carbonyl (C=O) groups is 2. The lowest BCUT2D eigenvalue weighted by Gasteiger charge is -2.32. The first-order valence-corrected chi connectivity index (χ1v) is 24.5. The molecule has 0 saturated carbocycles. The fourth-order valence-electron chi connectivity index (χ4n) is 5.57. The largest absolute Gasteiger partial charge is 0.673 e. The lowest BCUT2D eigenvalue weighted by Crippen LogP contribution is -2.41. The van der Waals surface area contributed by atoms with E-state index in [1.807, 2.05) is 27.7 Å². The molecule has 4 aromatic carbocycles. The van der Waals surface area contributed by atoms with Gasteiger partial charge in [-0.2, -0.15) is 0 Å². The Hall–Kier alpha value is -6.89. The van der Waals surface area contributed by atoms with Gasteiger partial charge in [-0.15, -0.1) is 52.7 Å². The van der Waals surface area contributed by atoms with Crippen molar-refractivity contribution in [2.24, 2.45) is 0 Å². The van der Waals surface area contributed by atoms with Gasteiger partial charge in [0.25, 0.3) is 0 Å². The van der Waals surface area contributed by atoms with Crippen molar-refractivity contribution in [1.29, 1.82) is 5.39 Å². The van der Waals surface area contributed by atoms with Gasteiger partial charge in [0.15, 0.2) is 4.98 Å². The highest BCUT2D eigenvalue weighted by Gasteiger charge is 2.52. The Morgan fingerprint density at radius 2 is 0.988 bits per heavy atom.